The molecule has 0 aromatic rings. The molecule has 2 heterocycles. The van der Waals surface area contributed by atoms with Crippen molar-refractivity contribution in [2.45, 2.75) is 45.1 Å². The molecule has 82 valence electrons. The van der Waals surface area contributed by atoms with Crippen molar-refractivity contribution in [1.29, 1.82) is 0 Å². The maximum Gasteiger partial charge on any atom is 0.00680 e. The van der Waals surface area contributed by atoms with E-state index < -0.39 is 0 Å². The summed E-state index contributed by atoms with van der Waals surface area (Å²) in [6.07, 6.45) is 7.01. The van der Waals surface area contributed by atoms with E-state index in [-0.39, 0.29) is 0 Å². The molecule has 0 aromatic carbocycles. The van der Waals surface area contributed by atoms with E-state index in [2.05, 4.69) is 17.1 Å². The second kappa shape index (κ2) is 5.13. The lowest BCUT2D eigenvalue weighted by Crippen LogP contribution is -2.25. The van der Waals surface area contributed by atoms with Gasteiger partial charge in [-0.1, -0.05) is 6.92 Å². The molecule has 2 aliphatic rings. The van der Waals surface area contributed by atoms with Gasteiger partial charge in [-0.2, -0.15) is 0 Å². The Hall–Kier alpha value is -0.0800. The van der Waals surface area contributed by atoms with Crippen molar-refractivity contribution in [3.63, 3.8) is 0 Å². The van der Waals surface area contributed by atoms with Crippen LogP contribution in [0.2, 0.25) is 0 Å². The quantitative estimate of drug-likeness (QED) is 0.738. The molecule has 0 amide bonds. The Labute approximate surface area is 88.1 Å². The predicted molar refractivity (Wildman–Crippen MR) is 60.5 cm³/mol. The van der Waals surface area contributed by atoms with Gasteiger partial charge < -0.3 is 10.2 Å². The van der Waals surface area contributed by atoms with Crippen molar-refractivity contribution in [2.75, 3.05) is 26.2 Å². The van der Waals surface area contributed by atoms with Crippen molar-refractivity contribution in [3.8, 4) is 0 Å². The largest absolute Gasteiger partial charge is 0.314 e. The zero-order chi connectivity index (χ0) is 9.80. The van der Waals surface area contributed by atoms with Gasteiger partial charge in [0, 0.05) is 12.6 Å². The smallest absolute Gasteiger partial charge is 0.00680 e. The van der Waals surface area contributed by atoms with Gasteiger partial charge in [0.1, 0.15) is 0 Å². The van der Waals surface area contributed by atoms with Crippen LogP contribution in [0.4, 0.5) is 0 Å². The minimum Gasteiger partial charge on any atom is -0.314 e. The summed E-state index contributed by atoms with van der Waals surface area (Å²) in [4.78, 5) is 2.64. The monoisotopic (exact) mass is 196 g/mol. The maximum absolute atomic E-state index is 3.57. The molecular weight excluding hydrogens is 172 g/mol. The summed E-state index contributed by atoms with van der Waals surface area (Å²) in [6, 6.07) is 0.843. The van der Waals surface area contributed by atoms with Gasteiger partial charge in [-0.25, -0.2) is 0 Å². The van der Waals surface area contributed by atoms with E-state index in [0.29, 0.717) is 0 Å². The molecule has 0 saturated carbocycles. The Morgan fingerprint density at radius 1 is 1.36 bits per heavy atom. The number of hydrogen-bond acceptors (Lipinski definition) is 2. The van der Waals surface area contributed by atoms with Gasteiger partial charge in [0.05, 0.1) is 0 Å². The summed E-state index contributed by atoms with van der Waals surface area (Å²) in [6.45, 7) is 7.66. The molecule has 2 nitrogen and oxygen atoms in total. The molecule has 0 radical (unpaired) electrons. The van der Waals surface area contributed by atoms with Gasteiger partial charge in [0.25, 0.3) is 0 Å². The first kappa shape index (κ1) is 10.4. The molecule has 2 unspecified atom stereocenters. The summed E-state index contributed by atoms with van der Waals surface area (Å²) in [5, 5.41) is 3.57. The van der Waals surface area contributed by atoms with Crippen LogP contribution >= 0.6 is 0 Å². The SMILES string of the molecule is CC1CCN(CCCC2CCCN2)C1. The molecule has 0 aromatic heterocycles. The van der Waals surface area contributed by atoms with Crippen LogP contribution in [0.3, 0.4) is 0 Å². The Morgan fingerprint density at radius 2 is 2.29 bits per heavy atom. The Morgan fingerprint density at radius 3 is 2.93 bits per heavy atom. The topological polar surface area (TPSA) is 15.3 Å². The molecule has 0 spiro atoms. The molecule has 2 saturated heterocycles. The second-order valence-electron chi connectivity index (χ2n) is 5.13. The predicted octanol–water partition coefficient (Wildman–Crippen LogP) is 1.86. The average molecular weight is 196 g/mol. The minimum atomic E-state index is 0.843. The molecular formula is C12H24N2. The average Bonchev–Trinajstić information content (AvgIpc) is 2.77. The standard InChI is InChI=1S/C12H24N2/c1-11-6-9-14(10-11)8-3-5-12-4-2-7-13-12/h11-13H,2-10H2,1H3. The second-order valence-corrected chi connectivity index (χ2v) is 5.13. The van der Waals surface area contributed by atoms with Crippen molar-refractivity contribution >= 4 is 0 Å². The minimum absolute atomic E-state index is 0.843. The van der Waals surface area contributed by atoms with Crippen LogP contribution in [-0.4, -0.2) is 37.1 Å². The molecule has 2 heteroatoms. The Kier molecular flexibility index (Phi) is 3.82. The molecule has 0 aliphatic carbocycles. The zero-order valence-electron chi connectivity index (χ0n) is 9.47. The van der Waals surface area contributed by atoms with E-state index in [9.17, 15) is 0 Å². The van der Waals surface area contributed by atoms with Crippen LogP contribution in [0.25, 0.3) is 0 Å². The molecule has 2 fully saturated rings. The van der Waals surface area contributed by atoms with Crippen LogP contribution in [0.5, 0.6) is 0 Å². The van der Waals surface area contributed by atoms with Crippen molar-refractivity contribution < 1.29 is 0 Å². The Bertz CT molecular complexity index is 164. The van der Waals surface area contributed by atoms with Gasteiger partial charge in [-0.3, -0.25) is 0 Å². The molecule has 2 atom stereocenters. The van der Waals surface area contributed by atoms with E-state index in [0.717, 1.165) is 12.0 Å². The van der Waals surface area contributed by atoms with E-state index >= 15 is 0 Å². The number of rotatable bonds is 4. The summed E-state index contributed by atoms with van der Waals surface area (Å²) < 4.78 is 0. The third-order valence-corrected chi connectivity index (χ3v) is 3.70. The maximum atomic E-state index is 3.57. The van der Waals surface area contributed by atoms with Crippen LogP contribution in [-0.2, 0) is 0 Å². The highest BCUT2D eigenvalue weighted by Gasteiger charge is 2.19. The molecule has 2 rings (SSSR count). The van der Waals surface area contributed by atoms with Gasteiger partial charge in [-0.15, -0.1) is 0 Å². The number of likely N-dealkylation sites (tertiary alicyclic amines) is 1. The third kappa shape index (κ3) is 2.96. The van der Waals surface area contributed by atoms with E-state index in [1.807, 2.05) is 0 Å². The lowest BCUT2D eigenvalue weighted by molar-refractivity contribution is 0.313. The Balaban J connectivity index is 1.54. The third-order valence-electron chi connectivity index (χ3n) is 3.70. The molecule has 1 N–H and O–H groups in total. The normalized spacial score (nSPS) is 34.1. The highest BCUT2D eigenvalue weighted by Crippen LogP contribution is 2.16. The first-order chi connectivity index (χ1) is 6.84. The molecule has 2 aliphatic heterocycles. The number of nitrogens with zero attached hydrogens (tertiary/aromatic N) is 1. The fourth-order valence-corrected chi connectivity index (χ4v) is 2.79. The van der Waals surface area contributed by atoms with E-state index in [4.69, 9.17) is 0 Å². The first-order valence-corrected chi connectivity index (χ1v) is 6.30. The van der Waals surface area contributed by atoms with E-state index in [1.165, 1.54) is 58.3 Å². The van der Waals surface area contributed by atoms with E-state index in [1.54, 1.807) is 0 Å². The van der Waals surface area contributed by atoms with Crippen LogP contribution in [0.1, 0.15) is 39.0 Å². The lowest BCUT2D eigenvalue weighted by Gasteiger charge is -2.16. The van der Waals surface area contributed by atoms with Crippen molar-refractivity contribution in [3.05, 3.63) is 0 Å². The summed E-state index contributed by atoms with van der Waals surface area (Å²) in [7, 11) is 0. The number of hydrogen-bond donors (Lipinski definition) is 1. The highest BCUT2D eigenvalue weighted by atomic mass is 15.1. The zero-order valence-corrected chi connectivity index (χ0v) is 9.47. The van der Waals surface area contributed by atoms with Gasteiger partial charge in [-0.05, 0) is 57.7 Å². The van der Waals surface area contributed by atoms with Gasteiger partial charge in [0.2, 0.25) is 0 Å². The molecule has 0 bridgehead atoms. The lowest BCUT2D eigenvalue weighted by atomic mass is 10.1. The van der Waals surface area contributed by atoms with Gasteiger partial charge in [0.15, 0.2) is 0 Å². The van der Waals surface area contributed by atoms with Gasteiger partial charge >= 0.3 is 0 Å². The van der Waals surface area contributed by atoms with Crippen LogP contribution < -0.4 is 5.32 Å². The van der Waals surface area contributed by atoms with Crippen molar-refractivity contribution in [2.24, 2.45) is 5.92 Å². The molecule has 14 heavy (non-hydrogen) atoms. The highest BCUT2D eigenvalue weighted by molar-refractivity contribution is 4.76. The van der Waals surface area contributed by atoms with Crippen LogP contribution in [0, 0.1) is 5.92 Å². The fourth-order valence-electron chi connectivity index (χ4n) is 2.79. The summed E-state index contributed by atoms with van der Waals surface area (Å²) >= 11 is 0. The number of nitrogens with one attached hydrogen (secondary N) is 1. The first-order valence-electron chi connectivity index (χ1n) is 6.30. The fraction of sp³-hybridized carbons (Fsp3) is 1.00. The van der Waals surface area contributed by atoms with Crippen LogP contribution in [0.15, 0.2) is 0 Å². The van der Waals surface area contributed by atoms with Crippen molar-refractivity contribution in [1.82, 2.24) is 10.2 Å². The summed E-state index contributed by atoms with van der Waals surface area (Å²) in [5.41, 5.74) is 0. The summed E-state index contributed by atoms with van der Waals surface area (Å²) in [5.74, 6) is 0.944.